The van der Waals surface area contributed by atoms with Crippen LogP contribution in [0.1, 0.15) is 31.2 Å². The highest BCUT2D eigenvalue weighted by Crippen LogP contribution is 2.18. The second-order valence-electron chi connectivity index (χ2n) is 4.71. The molecule has 0 fully saturated rings. The fourth-order valence-electron chi connectivity index (χ4n) is 1.92. The minimum absolute atomic E-state index is 0.101. The molecule has 1 rings (SSSR count). The van der Waals surface area contributed by atoms with Crippen LogP contribution in [0.2, 0.25) is 6.04 Å². The van der Waals surface area contributed by atoms with E-state index in [-0.39, 0.29) is 18.0 Å². The predicted molar refractivity (Wildman–Crippen MR) is 70.5 cm³/mol. The van der Waals surface area contributed by atoms with Crippen LogP contribution in [0, 0.1) is 17.5 Å². The van der Waals surface area contributed by atoms with Crippen molar-refractivity contribution in [3.8, 4) is 0 Å². The van der Waals surface area contributed by atoms with Crippen molar-refractivity contribution in [2.75, 3.05) is 7.11 Å². The van der Waals surface area contributed by atoms with Crippen molar-refractivity contribution >= 4 is 8.80 Å². The maximum Gasteiger partial charge on any atom is 0.495 e. The van der Waals surface area contributed by atoms with Gasteiger partial charge in [0.1, 0.15) is 17.5 Å². The molecule has 20 heavy (non-hydrogen) atoms. The Morgan fingerprint density at radius 2 is 1.55 bits per heavy atom. The quantitative estimate of drug-likeness (QED) is 0.573. The third-order valence-corrected chi connectivity index (χ3v) is 4.77. The molecule has 0 aliphatic rings. The molecule has 0 bridgehead atoms. The lowest BCUT2D eigenvalue weighted by atomic mass is 10.1. The molecule has 0 unspecified atom stereocenters. The lowest BCUT2D eigenvalue weighted by molar-refractivity contribution is 0.183. The molecule has 1 aromatic rings. The number of benzene rings is 1. The van der Waals surface area contributed by atoms with Gasteiger partial charge in [-0.1, -0.05) is 12.8 Å². The zero-order chi connectivity index (χ0) is 15.2. The van der Waals surface area contributed by atoms with Gasteiger partial charge in [-0.25, -0.2) is 13.2 Å². The smallest absolute Gasteiger partial charge is 0.390 e. The highest BCUT2D eigenvalue weighted by atomic mass is 28.4. The summed E-state index contributed by atoms with van der Waals surface area (Å²) in [7, 11) is -2.23. The molecule has 0 saturated carbocycles. The van der Waals surface area contributed by atoms with E-state index < -0.39 is 26.3 Å². The molecule has 0 saturated heterocycles. The molecule has 1 aromatic carbocycles. The molecule has 0 radical (unpaired) electrons. The first-order valence-corrected chi connectivity index (χ1v) is 8.50. The minimum atomic E-state index is -3.49. The Labute approximate surface area is 117 Å². The van der Waals surface area contributed by atoms with Crippen LogP contribution in [-0.4, -0.2) is 25.5 Å². The van der Waals surface area contributed by atoms with Crippen molar-refractivity contribution in [1.29, 1.82) is 0 Å². The van der Waals surface area contributed by atoms with Crippen molar-refractivity contribution in [2.24, 2.45) is 0 Å². The van der Waals surface area contributed by atoms with Gasteiger partial charge in [-0.3, -0.25) is 0 Å². The Kier molecular flexibility index (Phi) is 6.67. The van der Waals surface area contributed by atoms with Gasteiger partial charge in [0, 0.05) is 30.9 Å². The number of rotatable bonds is 8. The molecule has 0 aromatic heterocycles. The normalized spacial score (nSPS) is 11.9. The third kappa shape index (κ3) is 5.62. The van der Waals surface area contributed by atoms with Gasteiger partial charge >= 0.3 is 8.80 Å². The van der Waals surface area contributed by atoms with Crippen molar-refractivity contribution in [1.82, 2.24) is 0 Å². The van der Waals surface area contributed by atoms with Gasteiger partial charge in [-0.15, -0.1) is 0 Å². The second-order valence-corrected chi connectivity index (χ2v) is 7.10. The molecular formula is C13H19F3O3Si. The molecule has 3 nitrogen and oxygen atoms in total. The molecule has 0 amide bonds. The van der Waals surface area contributed by atoms with Crippen LogP contribution in [0.25, 0.3) is 0 Å². The highest BCUT2D eigenvalue weighted by Gasteiger charge is 2.29. The van der Waals surface area contributed by atoms with E-state index in [0.717, 1.165) is 0 Å². The van der Waals surface area contributed by atoms with Gasteiger partial charge in [-0.2, -0.15) is 0 Å². The van der Waals surface area contributed by atoms with Crippen molar-refractivity contribution < 1.29 is 27.2 Å². The van der Waals surface area contributed by atoms with Crippen LogP contribution >= 0.6 is 0 Å². The zero-order valence-corrected chi connectivity index (χ0v) is 12.3. The summed E-state index contributed by atoms with van der Waals surface area (Å²) in [5.74, 6) is -2.64. The molecule has 0 aliphatic heterocycles. The number of halogens is 3. The minimum Gasteiger partial charge on any atom is -0.390 e. The molecular weight excluding hydrogens is 289 g/mol. The molecule has 0 heterocycles. The number of hydrogen-bond donors (Lipinski definition) is 2. The standard InChI is InChI=1S/C13H19F3O3Si/c1-19-20(17,18)7-5-3-2-4-6-11-12(15)8-10(14)9-13(11)16/h8-9,17-18H,2-7H2,1H3. The molecule has 0 spiro atoms. The van der Waals surface area contributed by atoms with Crippen LogP contribution in [0.15, 0.2) is 12.1 Å². The fourth-order valence-corrected chi connectivity index (χ4v) is 2.84. The van der Waals surface area contributed by atoms with Crippen molar-refractivity contribution in [2.45, 2.75) is 38.1 Å². The van der Waals surface area contributed by atoms with Crippen molar-refractivity contribution in [3.05, 3.63) is 35.1 Å². The summed E-state index contributed by atoms with van der Waals surface area (Å²) in [4.78, 5) is 18.6. The lowest BCUT2D eigenvalue weighted by Crippen LogP contribution is -2.37. The van der Waals surface area contributed by atoms with Gasteiger partial charge in [0.2, 0.25) is 0 Å². The first kappa shape index (κ1) is 17.2. The molecule has 2 N–H and O–H groups in total. The number of hydrogen-bond acceptors (Lipinski definition) is 3. The molecule has 114 valence electrons. The molecule has 7 heteroatoms. The lowest BCUT2D eigenvalue weighted by Gasteiger charge is -2.13. The monoisotopic (exact) mass is 308 g/mol. The second kappa shape index (κ2) is 7.77. The van der Waals surface area contributed by atoms with Crippen LogP contribution in [0.4, 0.5) is 13.2 Å². The Hall–Kier alpha value is -0.893. The first-order valence-electron chi connectivity index (χ1n) is 6.49. The molecule has 0 aliphatic carbocycles. The van der Waals surface area contributed by atoms with E-state index in [0.29, 0.717) is 37.8 Å². The van der Waals surface area contributed by atoms with Crippen LogP contribution in [-0.2, 0) is 10.8 Å². The third-order valence-electron chi connectivity index (χ3n) is 3.11. The summed E-state index contributed by atoms with van der Waals surface area (Å²) < 4.78 is 43.9. The predicted octanol–water partition coefficient (Wildman–Crippen LogP) is 2.78. The van der Waals surface area contributed by atoms with Crippen molar-refractivity contribution in [3.63, 3.8) is 0 Å². The van der Waals surface area contributed by atoms with Gasteiger partial charge in [0.05, 0.1) is 0 Å². The zero-order valence-electron chi connectivity index (χ0n) is 11.3. The Balaban J connectivity index is 2.29. The summed E-state index contributed by atoms with van der Waals surface area (Å²) in [6, 6.07) is 1.56. The van der Waals surface area contributed by atoms with Crippen LogP contribution in [0.5, 0.6) is 0 Å². The number of unbranched alkanes of at least 4 members (excludes halogenated alkanes) is 3. The first-order chi connectivity index (χ1) is 9.35. The maximum atomic E-state index is 13.3. The SMILES string of the molecule is CO[Si](O)(O)CCCCCCc1c(F)cc(F)cc1F. The Morgan fingerprint density at radius 3 is 2.10 bits per heavy atom. The van der Waals surface area contributed by atoms with E-state index in [1.165, 1.54) is 7.11 Å². The largest absolute Gasteiger partial charge is 0.495 e. The average molecular weight is 308 g/mol. The van der Waals surface area contributed by atoms with Gasteiger partial charge in [0.25, 0.3) is 0 Å². The highest BCUT2D eigenvalue weighted by molar-refractivity contribution is 6.57. The Morgan fingerprint density at radius 1 is 1.00 bits per heavy atom. The summed E-state index contributed by atoms with van der Waals surface area (Å²) in [5, 5.41) is 0. The van der Waals surface area contributed by atoms with Crippen LogP contribution < -0.4 is 0 Å². The van der Waals surface area contributed by atoms with E-state index >= 15 is 0 Å². The summed E-state index contributed by atoms with van der Waals surface area (Å²) in [6.45, 7) is 0. The van der Waals surface area contributed by atoms with Gasteiger partial charge in [0.15, 0.2) is 0 Å². The summed E-state index contributed by atoms with van der Waals surface area (Å²) >= 11 is 0. The van der Waals surface area contributed by atoms with Crippen LogP contribution in [0.3, 0.4) is 0 Å². The van der Waals surface area contributed by atoms with E-state index in [2.05, 4.69) is 4.43 Å². The topological polar surface area (TPSA) is 49.7 Å². The van der Waals surface area contributed by atoms with Gasteiger partial charge in [-0.05, 0) is 19.3 Å². The molecule has 0 atom stereocenters. The van der Waals surface area contributed by atoms with E-state index in [4.69, 9.17) is 0 Å². The Bertz CT molecular complexity index is 418. The van der Waals surface area contributed by atoms with E-state index in [9.17, 15) is 22.8 Å². The summed E-state index contributed by atoms with van der Waals surface area (Å²) in [5.41, 5.74) is -0.101. The van der Waals surface area contributed by atoms with E-state index in [1.807, 2.05) is 0 Å². The average Bonchev–Trinajstić information content (AvgIpc) is 2.35. The maximum absolute atomic E-state index is 13.3. The van der Waals surface area contributed by atoms with Gasteiger partial charge < -0.3 is 14.0 Å². The van der Waals surface area contributed by atoms with E-state index in [1.54, 1.807) is 0 Å². The summed E-state index contributed by atoms with van der Waals surface area (Å²) in [6.07, 6.45) is 2.75. The fraction of sp³-hybridized carbons (Fsp3) is 0.538.